The van der Waals surface area contributed by atoms with Crippen LogP contribution in [0.25, 0.3) is 16.9 Å². The van der Waals surface area contributed by atoms with Crippen molar-refractivity contribution in [2.75, 3.05) is 0 Å². The Hall–Kier alpha value is -3.67. The lowest BCUT2D eigenvalue weighted by atomic mass is 10.1. The molecular formula is C21H19N5O. The predicted octanol–water partition coefficient (Wildman–Crippen LogP) is 3.50. The van der Waals surface area contributed by atoms with E-state index in [-0.39, 0.29) is 5.91 Å². The second-order valence-electron chi connectivity index (χ2n) is 6.30. The highest BCUT2D eigenvalue weighted by molar-refractivity contribution is 5.94. The summed E-state index contributed by atoms with van der Waals surface area (Å²) < 4.78 is 1.76. The molecule has 0 bridgehead atoms. The van der Waals surface area contributed by atoms with Gasteiger partial charge in [0.1, 0.15) is 0 Å². The van der Waals surface area contributed by atoms with Crippen molar-refractivity contribution in [1.29, 1.82) is 0 Å². The highest BCUT2D eigenvalue weighted by Gasteiger charge is 2.08. The molecule has 134 valence electrons. The number of nitrogens with zero attached hydrogens (tertiary/aromatic N) is 3. The maximum Gasteiger partial charge on any atom is 0.251 e. The molecule has 1 amide bonds. The normalized spacial score (nSPS) is 10.7. The molecule has 6 nitrogen and oxygen atoms in total. The zero-order valence-corrected chi connectivity index (χ0v) is 14.9. The SMILES string of the molecule is Cc1ccn(-c2cccc(C(=O)NCc3ccc(-c4ccn[nH]4)cc3)c2)n1. The number of amides is 1. The van der Waals surface area contributed by atoms with Gasteiger partial charge in [0.2, 0.25) is 0 Å². The summed E-state index contributed by atoms with van der Waals surface area (Å²) in [5.74, 6) is -0.113. The number of rotatable bonds is 5. The summed E-state index contributed by atoms with van der Waals surface area (Å²) in [7, 11) is 0. The van der Waals surface area contributed by atoms with Gasteiger partial charge in [-0.1, -0.05) is 30.3 Å². The lowest BCUT2D eigenvalue weighted by molar-refractivity contribution is 0.0951. The van der Waals surface area contributed by atoms with Crippen LogP contribution in [0.3, 0.4) is 0 Å². The summed E-state index contributed by atoms with van der Waals surface area (Å²) in [6, 6.07) is 19.3. The first-order valence-electron chi connectivity index (χ1n) is 8.69. The van der Waals surface area contributed by atoms with Gasteiger partial charge in [0.05, 0.1) is 17.1 Å². The van der Waals surface area contributed by atoms with E-state index >= 15 is 0 Å². The minimum Gasteiger partial charge on any atom is -0.348 e. The average molecular weight is 357 g/mol. The Morgan fingerprint density at radius 2 is 1.96 bits per heavy atom. The van der Waals surface area contributed by atoms with Crippen LogP contribution in [0.1, 0.15) is 21.6 Å². The van der Waals surface area contributed by atoms with Crippen LogP contribution < -0.4 is 5.32 Å². The highest BCUT2D eigenvalue weighted by Crippen LogP contribution is 2.17. The molecule has 0 saturated heterocycles. The molecule has 0 saturated carbocycles. The molecule has 2 N–H and O–H groups in total. The van der Waals surface area contributed by atoms with Crippen molar-refractivity contribution in [2.45, 2.75) is 13.5 Å². The molecule has 0 unspecified atom stereocenters. The summed E-state index contributed by atoms with van der Waals surface area (Å²) in [6.45, 7) is 2.40. The van der Waals surface area contributed by atoms with E-state index in [2.05, 4.69) is 20.6 Å². The van der Waals surface area contributed by atoms with Crippen LogP contribution in [0, 0.1) is 6.92 Å². The maximum atomic E-state index is 12.5. The van der Waals surface area contributed by atoms with Gasteiger partial charge in [0.15, 0.2) is 0 Å². The minimum atomic E-state index is -0.113. The van der Waals surface area contributed by atoms with E-state index in [1.807, 2.05) is 67.7 Å². The monoisotopic (exact) mass is 357 g/mol. The van der Waals surface area contributed by atoms with Gasteiger partial charge in [-0.05, 0) is 48.4 Å². The quantitative estimate of drug-likeness (QED) is 0.574. The van der Waals surface area contributed by atoms with Crippen molar-refractivity contribution in [3.8, 4) is 16.9 Å². The van der Waals surface area contributed by atoms with E-state index in [1.165, 1.54) is 0 Å². The minimum absolute atomic E-state index is 0.113. The van der Waals surface area contributed by atoms with E-state index in [1.54, 1.807) is 16.9 Å². The summed E-state index contributed by atoms with van der Waals surface area (Å²) in [5, 5.41) is 14.2. The first kappa shape index (κ1) is 16.8. The van der Waals surface area contributed by atoms with Crippen LogP contribution in [0.4, 0.5) is 0 Å². The Morgan fingerprint density at radius 1 is 1.11 bits per heavy atom. The molecule has 0 fully saturated rings. The number of aromatic nitrogens is 4. The predicted molar refractivity (Wildman–Crippen MR) is 103 cm³/mol. The van der Waals surface area contributed by atoms with Gasteiger partial charge in [0, 0.05) is 24.5 Å². The fraction of sp³-hybridized carbons (Fsp3) is 0.0952. The smallest absolute Gasteiger partial charge is 0.251 e. The number of benzene rings is 2. The standard InChI is InChI=1S/C21H19N5O/c1-15-10-12-26(25-15)19-4-2-3-18(13-19)21(27)22-14-16-5-7-17(8-6-16)20-9-11-23-24-20/h2-13H,14H2,1H3,(H,22,27)(H,23,24). The van der Waals surface area contributed by atoms with E-state index in [0.29, 0.717) is 12.1 Å². The molecule has 0 spiro atoms. The Labute approximate surface area is 156 Å². The number of H-pyrrole nitrogens is 1. The Morgan fingerprint density at radius 3 is 2.67 bits per heavy atom. The molecule has 2 heterocycles. The lowest BCUT2D eigenvalue weighted by Gasteiger charge is -2.08. The second kappa shape index (κ2) is 7.29. The van der Waals surface area contributed by atoms with Gasteiger partial charge in [-0.3, -0.25) is 9.89 Å². The lowest BCUT2D eigenvalue weighted by Crippen LogP contribution is -2.22. The molecule has 2 aromatic carbocycles. The Bertz CT molecular complexity index is 1050. The van der Waals surface area contributed by atoms with Crippen LogP contribution in [-0.2, 0) is 6.54 Å². The molecule has 6 heteroatoms. The van der Waals surface area contributed by atoms with Crippen molar-refractivity contribution in [2.24, 2.45) is 0 Å². The molecular weight excluding hydrogens is 338 g/mol. The van der Waals surface area contributed by atoms with Crippen molar-refractivity contribution in [1.82, 2.24) is 25.3 Å². The molecule has 0 atom stereocenters. The summed E-state index contributed by atoms with van der Waals surface area (Å²) in [6.07, 6.45) is 3.61. The van der Waals surface area contributed by atoms with Crippen LogP contribution >= 0.6 is 0 Å². The van der Waals surface area contributed by atoms with Gasteiger partial charge in [0.25, 0.3) is 5.91 Å². The molecule has 0 aliphatic carbocycles. The number of carbonyl (C=O) groups is 1. The topological polar surface area (TPSA) is 75.6 Å². The van der Waals surface area contributed by atoms with Gasteiger partial charge < -0.3 is 5.32 Å². The van der Waals surface area contributed by atoms with Crippen LogP contribution in [0.15, 0.2) is 73.1 Å². The number of aryl methyl sites for hydroxylation is 1. The van der Waals surface area contributed by atoms with E-state index < -0.39 is 0 Å². The number of nitrogens with one attached hydrogen (secondary N) is 2. The van der Waals surface area contributed by atoms with Gasteiger partial charge in [-0.25, -0.2) is 4.68 Å². The number of carbonyl (C=O) groups excluding carboxylic acids is 1. The first-order chi connectivity index (χ1) is 13.2. The van der Waals surface area contributed by atoms with E-state index in [9.17, 15) is 4.79 Å². The van der Waals surface area contributed by atoms with Crippen LogP contribution in [0.2, 0.25) is 0 Å². The zero-order valence-electron chi connectivity index (χ0n) is 14.9. The molecule has 0 radical (unpaired) electrons. The number of hydrogen-bond acceptors (Lipinski definition) is 3. The largest absolute Gasteiger partial charge is 0.348 e. The van der Waals surface area contributed by atoms with E-state index in [4.69, 9.17) is 0 Å². The van der Waals surface area contributed by atoms with Gasteiger partial charge >= 0.3 is 0 Å². The van der Waals surface area contributed by atoms with Crippen molar-refractivity contribution in [3.05, 3.63) is 89.9 Å². The van der Waals surface area contributed by atoms with Gasteiger partial charge in [-0.2, -0.15) is 10.2 Å². The summed E-state index contributed by atoms with van der Waals surface area (Å²) in [5.41, 5.74) is 5.46. The van der Waals surface area contributed by atoms with Gasteiger partial charge in [-0.15, -0.1) is 0 Å². The third kappa shape index (κ3) is 3.79. The third-order valence-electron chi connectivity index (χ3n) is 4.31. The molecule has 4 aromatic rings. The fourth-order valence-electron chi connectivity index (χ4n) is 2.85. The number of aromatic amines is 1. The maximum absolute atomic E-state index is 12.5. The Kier molecular flexibility index (Phi) is 4.53. The van der Waals surface area contributed by atoms with Crippen LogP contribution in [-0.4, -0.2) is 25.9 Å². The highest BCUT2D eigenvalue weighted by atomic mass is 16.1. The number of hydrogen-bond donors (Lipinski definition) is 2. The van der Waals surface area contributed by atoms with E-state index in [0.717, 1.165) is 28.2 Å². The van der Waals surface area contributed by atoms with Crippen molar-refractivity contribution < 1.29 is 4.79 Å². The molecule has 0 aliphatic rings. The van der Waals surface area contributed by atoms with Crippen LogP contribution in [0.5, 0.6) is 0 Å². The zero-order chi connectivity index (χ0) is 18.6. The summed E-state index contributed by atoms with van der Waals surface area (Å²) >= 11 is 0. The molecule has 4 rings (SSSR count). The fourth-order valence-corrected chi connectivity index (χ4v) is 2.85. The average Bonchev–Trinajstić information content (AvgIpc) is 3.38. The van der Waals surface area contributed by atoms with Crippen molar-refractivity contribution in [3.63, 3.8) is 0 Å². The Balaban J connectivity index is 1.42. The molecule has 0 aliphatic heterocycles. The first-order valence-corrected chi connectivity index (χ1v) is 8.69. The molecule has 27 heavy (non-hydrogen) atoms. The third-order valence-corrected chi connectivity index (χ3v) is 4.31. The second-order valence-corrected chi connectivity index (χ2v) is 6.30. The summed E-state index contributed by atoms with van der Waals surface area (Å²) in [4.78, 5) is 12.5. The molecule has 2 aromatic heterocycles. The van der Waals surface area contributed by atoms with Crippen molar-refractivity contribution >= 4 is 5.91 Å².